The van der Waals surface area contributed by atoms with E-state index in [2.05, 4.69) is 48.6 Å². The highest BCUT2D eigenvalue weighted by atomic mass is 14.4. The summed E-state index contributed by atoms with van der Waals surface area (Å²) in [5.41, 5.74) is 12.5. The fraction of sp³-hybridized carbons (Fsp3) is 0.273. The molecule has 1 aromatic carbocycles. The lowest BCUT2D eigenvalue weighted by molar-refractivity contribution is 0.587. The van der Waals surface area contributed by atoms with Gasteiger partial charge in [-0.25, -0.2) is 0 Å². The minimum absolute atomic E-state index is 0.668. The van der Waals surface area contributed by atoms with E-state index in [0.717, 1.165) is 25.2 Å². The van der Waals surface area contributed by atoms with Crippen LogP contribution in [-0.2, 0) is 12.8 Å². The lowest BCUT2D eigenvalue weighted by atomic mass is 9.82. The Morgan fingerprint density at radius 1 is 0.909 bits per heavy atom. The molecule has 5 aliphatic carbocycles. The molecule has 2 atom stereocenters. The minimum atomic E-state index is 0.668. The molecule has 0 amide bonds. The molecular weight excluding hydrogens is 264 g/mol. The van der Waals surface area contributed by atoms with Gasteiger partial charge in [0.25, 0.3) is 0 Å². The Balaban J connectivity index is 1.49. The summed E-state index contributed by atoms with van der Waals surface area (Å²) in [5, 5.41) is 0. The van der Waals surface area contributed by atoms with Crippen LogP contribution in [0, 0.1) is 11.8 Å². The first-order chi connectivity index (χ1) is 10.9. The molecule has 0 spiro atoms. The monoisotopic (exact) mass is 282 g/mol. The van der Waals surface area contributed by atoms with Gasteiger partial charge in [-0.05, 0) is 82.2 Å². The average Bonchev–Trinajstić information content (AvgIpc) is 3.25. The van der Waals surface area contributed by atoms with E-state index in [1.807, 2.05) is 0 Å². The zero-order chi connectivity index (χ0) is 14.3. The normalized spacial score (nSPS) is 29.1. The summed E-state index contributed by atoms with van der Waals surface area (Å²) in [6, 6.07) is 4.92. The zero-order valence-corrected chi connectivity index (χ0v) is 12.6. The maximum absolute atomic E-state index is 2.59. The van der Waals surface area contributed by atoms with Gasteiger partial charge in [0.15, 0.2) is 0 Å². The van der Waals surface area contributed by atoms with Crippen molar-refractivity contribution in [1.82, 2.24) is 0 Å². The first-order valence-corrected chi connectivity index (χ1v) is 8.51. The van der Waals surface area contributed by atoms with Gasteiger partial charge >= 0.3 is 0 Å². The molecule has 0 N–H and O–H groups in total. The Morgan fingerprint density at radius 3 is 2.91 bits per heavy atom. The van der Waals surface area contributed by atoms with Crippen molar-refractivity contribution in [3.8, 4) is 0 Å². The maximum Gasteiger partial charge on any atom is 0.00188 e. The molecule has 1 aromatic rings. The van der Waals surface area contributed by atoms with Gasteiger partial charge in [-0.1, -0.05) is 42.5 Å². The second-order valence-corrected chi connectivity index (χ2v) is 7.30. The van der Waals surface area contributed by atoms with Gasteiger partial charge in [-0.3, -0.25) is 0 Å². The number of allylic oxidation sites excluding steroid dienone is 9. The van der Waals surface area contributed by atoms with E-state index >= 15 is 0 Å². The van der Waals surface area contributed by atoms with Crippen molar-refractivity contribution in [1.29, 1.82) is 0 Å². The summed E-state index contributed by atoms with van der Waals surface area (Å²) in [4.78, 5) is 0. The molecule has 22 heavy (non-hydrogen) atoms. The Bertz CT molecular complexity index is 883. The summed E-state index contributed by atoms with van der Waals surface area (Å²) >= 11 is 0. The van der Waals surface area contributed by atoms with Crippen molar-refractivity contribution < 1.29 is 0 Å². The molecule has 0 heteroatoms. The first kappa shape index (κ1) is 11.5. The summed E-state index contributed by atoms with van der Waals surface area (Å²) in [7, 11) is 0. The Kier molecular flexibility index (Phi) is 1.99. The predicted molar refractivity (Wildman–Crippen MR) is 91.3 cm³/mol. The molecule has 106 valence electrons. The van der Waals surface area contributed by atoms with Crippen molar-refractivity contribution in [2.24, 2.45) is 11.8 Å². The predicted octanol–water partition coefficient (Wildman–Crippen LogP) is 5.03. The minimum Gasteiger partial charge on any atom is -0.0873 e. The largest absolute Gasteiger partial charge is 0.0873 e. The van der Waals surface area contributed by atoms with Crippen molar-refractivity contribution in [3.05, 3.63) is 81.5 Å². The standard InChI is InChI=1S/C22H18/c1-3-13-7-17-11-22-20-10-16-6-2-4-14(16)8-18(20)12-21(22)19(17)9-15(13)5-1/h1-3,6-10,13,15H,4-5,11-12H2. The summed E-state index contributed by atoms with van der Waals surface area (Å²) in [6.45, 7) is 0. The highest BCUT2D eigenvalue weighted by Crippen LogP contribution is 2.52. The third-order valence-corrected chi connectivity index (χ3v) is 6.13. The molecule has 0 saturated carbocycles. The van der Waals surface area contributed by atoms with Crippen LogP contribution in [0.15, 0.2) is 59.2 Å². The molecule has 0 saturated heterocycles. The van der Waals surface area contributed by atoms with Crippen molar-refractivity contribution in [2.45, 2.75) is 25.7 Å². The number of benzene rings is 1. The molecule has 0 nitrogen and oxygen atoms in total. The molecule has 0 heterocycles. The van der Waals surface area contributed by atoms with Crippen LogP contribution in [0.2, 0.25) is 0 Å². The second-order valence-electron chi connectivity index (χ2n) is 7.30. The van der Waals surface area contributed by atoms with Gasteiger partial charge in [-0.2, -0.15) is 0 Å². The molecule has 0 aliphatic heterocycles. The van der Waals surface area contributed by atoms with Crippen LogP contribution in [0.1, 0.15) is 35.1 Å². The van der Waals surface area contributed by atoms with Crippen LogP contribution in [0.4, 0.5) is 0 Å². The van der Waals surface area contributed by atoms with Gasteiger partial charge in [0.05, 0.1) is 0 Å². The van der Waals surface area contributed by atoms with Crippen LogP contribution < -0.4 is 0 Å². The highest BCUT2D eigenvalue weighted by molar-refractivity contribution is 5.89. The zero-order valence-electron chi connectivity index (χ0n) is 12.6. The van der Waals surface area contributed by atoms with Crippen LogP contribution in [-0.4, -0.2) is 0 Å². The number of fused-ring (bicyclic) bond motifs is 6. The van der Waals surface area contributed by atoms with Crippen molar-refractivity contribution >= 4 is 11.6 Å². The molecule has 2 unspecified atom stereocenters. The summed E-state index contributed by atoms with van der Waals surface area (Å²) in [6.07, 6.45) is 19.2. The molecule has 6 rings (SSSR count). The van der Waals surface area contributed by atoms with Crippen LogP contribution in [0.5, 0.6) is 0 Å². The maximum atomic E-state index is 2.59. The van der Waals surface area contributed by atoms with E-state index in [0.29, 0.717) is 5.92 Å². The lowest BCUT2D eigenvalue weighted by Crippen LogP contribution is -2.10. The van der Waals surface area contributed by atoms with Gasteiger partial charge in [0.1, 0.15) is 0 Å². The Labute approximate surface area is 131 Å². The molecular formula is C22H18. The molecule has 0 aromatic heterocycles. The first-order valence-electron chi connectivity index (χ1n) is 8.51. The van der Waals surface area contributed by atoms with E-state index in [-0.39, 0.29) is 0 Å². The summed E-state index contributed by atoms with van der Waals surface area (Å²) in [5.74, 6) is 1.39. The second kappa shape index (κ2) is 3.81. The average molecular weight is 282 g/mol. The highest BCUT2D eigenvalue weighted by Gasteiger charge is 2.36. The van der Waals surface area contributed by atoms with E-state index in [1.165, 1.54) is 23.1 Å². The quantitative estimate of drug-likeness (QED) is 0.586. The third-order valence-electron chi connectivity index (χ3n) is 6.13. The number of hydrogen-bond acceptors (Lipinski definition) is 0. The Morgan fingerprint density at radius 2 is 1.91 bits per heavy atom. The van der Waals surface area contributed by atoms with Gasteiger partial charge in [-0.15, -0.1) is 0 Å². The van der Waals surface area contributed by atoms with Crippen LogP contribution in [0.3, 0.4) is 0 Å². The molecule has 5 aliphatic rings. The topological polar surface area (TPSA) is 0 Å². The fourth-order valence-corrected chi connectivity index (χ4v) is 5.04. The van der Waals surface area contributed by atoms with Gasteiger partial charge < -0.3 is 0 Å². The third kappa shape index (κ3) is 1.34. The van der Waals surface area contributed by atoms with E-state index in [9.17, 15) is 0 Å². The van der Waals surface area contributed by atoms with Crippen LogP contribution >= 0.6 is 0 Å². The Hall–Kier alpha value is -2.08. The van der Waals surface area contributed by atoms with E-state index in [4.69, 9.17) is 0 Å². The lowest BCUT2D eigenvalue weighted by Gasteiger charge is -2.22. The van der Waals surface area contributed by atoms with Crippen LogP contribution in [0.25, 0.3) is 11.6 Å². The fourth-order valence-electron chi connectivity index (χ4n) is 5.04. The SMILES string of the molecule is C1=Cc2cc3c(cc2C1)CC1=C3CC2=CC3C=CCC3C=C21. The molecule has 0 bridgehead atoms. The molecule has 0 radical (unpaired) electrons. The summed E-state index contributed by atoms with van der Waals surface area (Å²) < 4.78 is 0. The van der Waals surface area contributed by atoms with Crippen molar-refractivity contribution in [3.63, 3.8) is 0 Å². The van der Waals surface area contributed by atoms with Gasteiger partial charge in [0, 0.05) is 5.92 Å². The number of hydrogen-bond donors (Lipinski definition) is 0. The van der Waals surface area contributed by atoms with E-state index in [1.54, 1.807) is 27.9 Å². The smallest absolute Gasteiger partial charge is 0.00188 e. The molecule has 0 fully saturated rings. The van der Waals surface area contributed by atoms with Gasteiger partial charge in [0.2, 0.25) is 0 Å². The van der Waals surface area contributed by atoms with E-state index < -0.39 is 0 Å². The van der Waals surface area contributed by atoms with Crippen molar-refractivity contribution in [2.75, 3.05) is 0 Å². The number of rotatable bonds is 0.